The van der Waals surface area contributed by atoms with Crippen LogP contribution in [-0.4, -0.2) is 18.5 Å². The van der Waals surface area contributed by atoms with E-state index < -0.39 is 7.26 Å². The Bertz CT molecular complexity index is 548. The van der Waals surface area contributed by atoms with Gasteiger partial charge in [0.25, 0.3) is 0 Å². The van der Waals surface area contributed by atoms with Gasteiger partial charge in [-0.15, -0.1) is 0 Å². The van der Waals surface area contributed by atoms with Crippen LogP contribution in [0, 0.1) is 0 Å². The minimum atomic E-state index is -1.29. The van der Waals surface area contributed by atoms with Crippen molar-refractivity contribution in [2.75, 3.05) is 18.5 Å². The Morgan fingerprint density at radius 1 is 0.500 bits per heavy atom. The van der Waals surface area contributed by atoms with E-state index in [1.54, 1.807) is 24.0 Å². The minimum absolute atomic E-state index is 0.690. The molecule has 1 aromatic carbocycles. The molecule has 1 rings (SSSR count). The SMILES string of the molecule is CCCCCCCC[PH](CCCCCCCC)(CCCCCCCC)Cc1ccc(C(C)CC)cc1. The van der Waals surface area contributed by atoms with Crippen molar-refractivity contribution in [3.8, 4) is 0 Å². The van der Waals surface area contributed by atoms with Crippen molar-refractivity contribution in [2.45, 2.75) is 169 Å². The molecule has 0 spiro atoms. The fourth-order valence-corrected chi connectivity index (χ4v) is 11.5. The van der Waals surface area contributed by atoms with Crippen LogP contribution in [0.3, 0.4) is 0 Å². The number of hydrogen-bond donors (Lipinski definition) is 0. The second-order valence-electron chi connectivity index (χ2n) is 12.3. The van der Waals surface area contributed by atoms with Crippen molar-refractivity contribution in [3.05, 3.63) is 35.4 Å². The molecule has 1 atom stereocenters. The van der Waals surface area contributed by atoms with Crippen molar-refractivity contribution in [1.29, 1.82) is 0 Å². The van der Waals surface area contributed by atoms with Gasteiger partial charge < -0.3 is 0 Å². The summed E-state index contributed by atoms with van der Waals surface area (Å²) < 4.78 is 0. The first-order valence-corrected chi connectivity index (χ1v) is 19.5. The van der Waals surface area contributed by atoms with E-state index in [4.69, 9.17) is 0 Å². The molecule has 212 valence electrons. The zero-order valence-electron chi connectivity index (χ0n) is 25.7. The summed E-state index contributed by atoms with van der Waals surface area (Å²) in [5.41, 5.74) is 3.20. The molecule has 1 unspecified atom stereocenters. The van der Waals surface area contributed by atoms with E-state index in [9.17, 15) is 0 Å². The molecule has 0 bridgehead atoms. The third kappa shape index (κ3) is 15.8. The van der Waals surface area contributed by atoms with Gasteiger partial charge in [0.05, 0.1) is 0 Å². The molecule has 0 N–H and O–H groups in total. The summed E-state index contributed by atoms with van der Waals surface area (Å²) in [7, 11) is -1.29. The van der Waals surface area contributed by atoms with Gasteiger partial charge >= 0.3 is 230 Å². The zero-order chi connectivity index (χ0) is 26.3. The first kappa shape index (κ1) is 33.7. The molecule has 0 aliphatic heterocycles. The topological polar surface area (TPSA) is 0 Å². The molecular formula is C35H67P. The molecule has 0 saturated carbocycles. The van der Waals surface area contributed by atoms with Crippen LogP contribution in [0.5, 0.6) is 0 Å². The van der Waals surface area contributed by atoms with E-state index in [-0.39, 0.29) is 0 Å². The van der Waals surface area contributed by atoms with Crippen LogP contribution in [0.4, 0.5) is 0 Å². The third-order valence-corrected chi connectivity index (χ3v) is 14.3. The van der Waals surface area contributed by atoms with Gasteiger partial charge in [0.2, 0.25) is 0 Å². The Kier molecular flexibility index (Phi) is 21.2. The molecule has 0 amide bonds. The van der Waals surface area contributed by atoms with Crippen LogP contribution >= 0.6 is 7.26 Å². The summed E-state index contributed by atoms with van der Waals surface area (Å²) in [6, 6.07) is 9.96. The van der Waals surface area contributed by atoms with Gasteiger partial charge in [-0.3, -0.25) is 0 Å². The molecular weight excluding hydrogens is 451 g/mol. The van der Waals surface area contributed by atoms with Gasteiger partial charge in [0.1, 0.15) is 0 Å². The van der Waals surface area contributed by atoms with Gasteiger partial charge in [0, 0.05) is 0 Å². The summed E-state index contributed by atoms with van der Waals surface area (Å²) in [4.78, 5) is 0. The van der Waals surface area contributed by atoms with E-state index in [2.05, 4.69) is 58.9 Å². The van der Waals surface area contributed by atoms with Gasteiger partial charge in [-0.25, -0.2) is 0 Å². The van der Waals surface area contributed by atoms with Gasteiger partial charge in [0.15, 0.2) is 0 Å². The predicted octanol–water partition coefficient (Wildman–Crippen LogP) is 12.5. The molecule has 0 aliphatic rings. The van der Waals surface area contributed by atoms with E-state index in [1.165, 1.54) is 134 Å². The fourth-order valence-electron chi connectivity index (χ4n) is 6.11. The Hall–Kier alpha value is -0.350. The number of rotatable bonds is 25. The Labute approximate surface area is 229 Å². The normalized spacial score (nSPS) is 13.2. The molecule has 1 aromatic rings. The molecule has 1 heteroatoms. The third-order valence-electron chi connectivity index (χ3n) is 8.92. The Morgan fingerprint density at radius 3 is 1.22 bits per heavy atom. The Balaban J connectivity index is 2.88. The average molecular weight is 519 g/mol. The molecule has 36 heavy (non-hydrogen) atoms. The zero-order valence-corrected chi connectivity index (χ0v) is 26.7. The summed E-state index contributed by atoms with van der Waals surface area (Å²) >= 11 is 0. The van der Waals surface area contributed by atoms with Crippen molar-refractivity contribution in [3.63, 3.8) is 0 Å². The first-order valence-electron chi connectivity index (χ1n) is 16.7. The maximum absolute atomic E-state index is 2.52. The summed E-state index contributed by atoms with van der Waals surface area (Å²) in [5.74, 6) is 0.690. The van der Waals surface area contributed by atoms with Crippen LogP contribution < -0.4 is 0 Å². The summed E-state index contributed by atoms with van der Waals surface area (Å²) in [5, 5.41) is 0. The van der Waals surface area contributed by atoms with E-state index >= 15 is 0 Å². The van der Waals surface area contributed by atoms with Gasteiger partial charge in [-0.2, -0.15) is 0 Å². The molecule has 0 fully saturated rings. The quantitative estimate of drug-likeness (QED) is 0.0891. The molecule has 0 aromatic heterocycles. The average Bonchev–Trinajstić information content (AvgIpc) is 2.90. The Morgan fingerprint density at radius 2 is 0.861 bits per heavy atom. The van der Waals surface area contributed by atoms with Gasteiger partial charge in [-0.05, 0) is 0 Å². The first-order chi connectivity index (χ1) is 17.6. The second kappa shape index (κ2) is 22.6. The molecule has 0 saturated heterocycles. The number of benzene rings is 1. The monoisotopic (exact) mass is 518 g/mol. The van der Waals surface area contributed by atoms with Crippen LogP contribution in [-0.2, 0) is 6.16 Å². The van der Waals surface area contributed by atoms with Crippen LogP contribution in [0.2, 0.25) is 0 Å². The van der Waals surface area contributed by atoms with E-state index in [0.717, 1.165) is 0 Å². The molecule has 0 aliphatic carbocycles. The summed E-state index contributed by atoms with van der Waals surface area (Å²) in [6.07, 6.45) is 33.6. The van der Waals surface area contributed by atoms with E-state index in [1.807, 2.05) is 0 Å². The standard InChI is InChI=1S/C35H67P/c1-6-10-13-16-19-22-29-36(30-23-20-17-14-11-7-2,31-24-21-18-15-12-8-3)32-34-25-27-35(28-26-34)33(5)9-4/h25-28,33,36H,6-24,29-32H2,1-5H3. The molecule has 0 nitrogen and oxygen atoms in total. The second-order valence-corrected chi connectivity index (χ2v) is 17.1. The van der Waals surface area contributed by atoms with Crippen molar-refractivity contribution >= 4 is 7.26 Å². The van der Waals surface area contributed by atoms with Crippen molar-refractivity contribution < 1.29 is 0 Å². The molecule has 0 heterocycles. The predicted molar refractivity (Wildman–Crippen MR) is 172 cm³/mol. The van der Waals surface area contributed by atoms with Crippen molar-refractivity contribution in [2.24, 2.45) is 0 Å². The summed E-state index contributed by atoms with van der Waals surface area (Å²) in [6.45, 7) is 11.7. The van der Waals surface area contributed by atoms with Crippen LogP contribution in [0.15, 0.2) is 24.3 Å². The van der Waals surface area contributed by atoms with E-state index in [0.29, 0.717) is 5.92 Å². The molecule has 0 radical (unpaired) electrons. The van der Waals surface area contributed by atoms with Crippen LogP contribution in [0.25, 0.3) is 0 Å². The maximum atomic E-state index is 2.52. The van der Waals surface area contributed by atoms with Gasteiger partial charge in [-0.1, -0.05) is 0 Å². The number of unbranched alkanes of at least 4 members (excludes halogenated alkanes) is 15. The van der Waals surface area contributed by atoms with Crippen molar-refractivity contribution in [1.82, 2.24) is 0 Å². The van der Waals surface area contributed by atoms with Crippen LogP contribution in [0.1, 0.15) is 174 Å². The number of hydrogen-bond acceptors (Lipinski definition) is 0. The fraction of sp³-hybridized carbons (Fsp3) is 0.829.